The molecule has 1 aromatic rings. The minimum absolute atomic E-state index is 0.501. The summed E-state index contributed by atoms with van der Waals surface area (Å²) >= 11 is 6.17. The quantitative estimate of drug-likeness (QED) is 0.768. The molecule has 0 radical (unpaired) electrons. The Morgan fingerprint density at radius 1 is 1.33 bits per heavy atom. The molecule has 0 saturated heterocycles. The highest BCUT2D eigenvalue weighted by Crippen LogP contribution is 2.40. The summed E-state index contributed by atoms with van der Waals surface area (Å²) in [6.45, 7) is 9.20. The Balaban J connectivity index is 2.08. The molecule has 1 aliphatic rings. The Bertz CT molecular complexity index is 425. The van der Waals surface area contributed by atoms with Crippen LogP contribution in [0.25, 0.3) is 0 Å². The van der Waals surface area contributed by atoms with Gasteiger partial charge in [-0.15, -0.1) is 0 Å². The van der Waals surface area contributed by atoms with Crippen LogP contribution in [0.15, 0.2) is 18.2 Å². The van der Waals surface area contributed by atoms with Crippen molar-refractivity contribution >= 4 is 17.3 Å². The van der Waals surface area contributed by atoms with Gasteiger partial charge in [0.1, 0.15) is 0 Å². The molecule has 1 aliphatic carbocycles. The number of anilines is 1. The molecule has 0 heterocycles. The monoisotopic (exact) mass is 265 g/mol. The molecule has 18 heavy (non-hydrogen) atoms. The number of hydrogen-bond acceptors (Lipinski definition) is 1. The maximum Gasteiger partial charge on any atom is 0.0455 e. The first-order chi connectivity index (χ1) is 8.39. The number of benzene rings is 1. The maximum absolute atomic E-state index is 6.17. The van der Waals surface area contributed by atoms with Crippen molar-refractivity contribution in [1.29, 1.82) is 0 Å². The van der Waals surface area contributed by atoms with Crippen LogP contribution in [-0.4, -0.2) is 6.04 Å². The van der Waals surface area contributed by atoms with E-state index in [9.17, 15) is 0 Å². The fourth-order valence-electron chi connectivity index (χ4n) is 3.12. The second-order valence-corrected chi connectivity index (χ2v) is 6.95. The SMILES string of the molecule is Cc1c(Cl)cccc1NC1CCC(C)(C)CC1C. The van der Waals surface area contributed by atoms with Crippen molar-refractivity contribution in [2.45, 2.75) is 53.0 Å². The molecule has 0 spiro atoms. The standard InChI is InChI=1S/C16H24ClN/c1-11-10-16(3,4)9-8-14(11)18-15-7-5-6-13(17)12(15)2/h5-7,11,14,18H,8-10H2,1-4H3. The van der Waals surface area contributed by atoms with E-state index in [1.54, 1.807) is 0 Å². The predicted octanol–water partition coefficient (Wildman–Crippen LogP) is 5.28. The normalized spacial score (nSPS) is 26.9. The lowest BCUT2D eigenvalue weighted by Crippen LogP contribution is -2.37. The van der Waals surface area contributed by atoms with E-state index in [0.717, 1.165) is 10.6 Å². The Kier molecular flexibility index (Phi) is 3.91. The van der Waals surface area contributed by atoms with Gasteiger partial charge < -0.3 is 5.32 Å². The van der Waals surface area contributed by atoms with E-state index in [4.69, 9.17) is 11.6 Å². The molecule has 1 aromatic carbocycles. The summed E-state index contributed by atoms with van der Waals surface area (Å²) in [7, 11) is 0. The van der Waals surface area contributed by atoms with Gasteiger partial charge in [-0.25, -0.2) is 0 Å². The van der Waals surface area contributed by atoms with E-state index in [0.29, 0.717) is 17.4 Å². The topological polar surface area (TPSA) is 12.0 Å². The van der Waals surface area contributed by atoms with E-state index < -0.39 is 0 Å². The van der Waals surface area contributed by atoms with Crippen LogP contribution in [0.1, 0.15) is 45.6 Å². The zero-order chi connectivity index (χ0) is 13.3. The highest BCUT2D eigenvalue weighted by atomic mass is 35.5. The molecule has 1 fully saturated rings. The zero-order valence-corrected chi connectivity index (χ0v) is 12.6. The van der Waals surface area contributed by atoms with Crippen molar-refractivity contribution < 1.29 is 0 Å². The molecule has 2 heteroatoms. The van der Waals surface area contributed by atoms with E-state index in [2.05, 4.69) is 39.1 Å². The molecule has 2 atom stereocenters. The molecular weight excluding hydrogens is 242 g/mol. The summed E-state index contributed by atoms with van der Waals surface area (Å²) < 4.78 is 0. The van der Waals surface area contributed by atoms with Crippen molar-refractivity contribution in [1.82, 2.24) is 0 Å². The molecule has 2 unspecified atom stereocenters. The number of hydrogen-bond donors (Lipinski definition) is 1. The van der Waals surface area contributed by atoms with Crippen LogP contribution in [0.3, 0.4) is 0 Å². The molecule has 0 bridgehead atoms. The molecular formula is C16H24ClN. The van der Waals surface area contributed by atoms with Crippen molar-refractivity contribution in [3.63, 3.8) is 0 Å². The smallest absolute Gasteiger partial charge is 0.0455 e. The molecule has 100 valence electrons. The van der Waals surface area contributed by atoms with E-state index in [-0.39, 0.29) is 0 Å². The highest BCUT2D eigenvalue weighted by molar-refractivity contribution is 6.31. The number of halogens is 1. The summed E-state index contributed by atoms with van der Waals surface area (Å²) in [5, 5.41) is 4.54. The van der Waals surface area contributed by atoms with Crippen LogP contribution in [0, 0.1) is 18.3 Å². The van der Waals surface area contributed by atoms with E-state index in [1.165, 1.54) is 24.9 Å². The first-order valence-electron chi connectivity index (χ1n) is 6.91. The predicted molar refractivity (Wildman–Crippen MR) is 80.4 cm³/mol. The van der Waals surface area contributed by atoms with Gasteiger partial charge in [-0.1, -0.05) is 38.4 Å². The second-order valence-electron chi connectivity index (χ2n) is 6.55. The van der Waals surface area contributed by atoms with Crippen molar-refractivity contribution in [2.75, 3.05) is 5.32 Å². The maximum atomic E-state index is 6.17. The van der Waals surface area contributed by atoms with Gasteiger partial charge in [0, 0.05) is 16.8 Å². The summed E-state index contributed by atoms with van der Waals surface area (Å²) in [4.78, 5) is 0. The lowest BCUT2D eigenvalue weighted by atomic mass is 9.70. The second kappa shape index (κ2) is 5.13. The van der Waals surface area contributed by atoms with Crippen LogP contribution in [-0.2, 0) is 0 Å². The van der Waals surface area contributed by atoms with Gasteiger partial charge >= 0.3 is 0 Å². The van der Waals surface area contributed by atoms with Gasteiger partial charge in [0.2, 0.25) is 0 Å². The van der Waals surface area contributed by atoms with Gasteiger partial charge in [-0.3, -0.25) is 0 Å². The average Bonchev–Trinajstić information content (AvgIpc) is 2.27. The third kappa shape index (κ3) is 3.00. The number of nitrogens with one attached hydrogen (secondary N) is 1. The molecule has 1 N–H and O–H groups in total. The minimum atomic E-state index is 0.501. The average molecular weight is 266 g/mol. The fraction of sp³-hybridized carbons (Fsp3) is 0.625. The molecule has 0 aliphatic heterocycles. The van der Waals surface area contributed by atoms with Crippen molar-refractivity contribution in [3.05, 3.63) is 28.8 Å². The Morgan fingerprint density at radius 2 is 2.06 bits per heavy atom. The summed E-state index contributed by atoms with van der Waals surface area (Å²) in [6, 6.07) is 6.69. The first-order valence-corrected chi connectivity index (χ1v) is 7.28. The largest absolute Gasteiger partial charge is 0.382 e. The van der Waals surface area contributed by atoms with Gasteiger partial charge in [0.25, 0.3) is 0 Å². The zero-order valence-electron chi connectivity index (χ0n) is 11.9. The van der Waals surface area contributed by atoms with Gasteiger partial charge in [0.05, 0.1) is 0 Å². The van der Waals surface area contributed by atoms with Crippen LogP contribution in [0.2, 0.25) is 5.02 Å². The van der Waals surface area contributed by atoms with Crippen LogP contribution >= 0.6 is 11.6 Å². The molecule has 1 saturated carbocycles. The molecule has 2 rings (SSSR count). The van der Waals surface area contributed by atoms with E-state index >= 15 is 0 Å². The summed E-state index contributed by atoms with van der Waals surface area (Å²) in [5.41, 5.74) is 2.86. The lowest BCUT2D eigenvalue weighted by molar-refractivity contribution is 0.177. The van der Waals surface area contributed by atoms with Crippen LogP contribution in [0.4, 0.5) is 5.69 Å². The number of rotatable bonds is 2. The lowest BCUT2D eigenvalue weighted by Gasteiger charge is -2.40. The van der Waals surface area contributed by atoms with E-state index in [1.807, 2.05) is 12.1 Å². The van der Waals surface area contributed by atoms with Gasteiger partial charge in [-0.05, 0) is 55.2 Å². The fourth-order valence-corrected chi connectivity index (χ4v) is 3.30. The third-order valence-corrected chi connectivity index (χ3v) is 4.71. The van der Waals surface area contributed by atoms with Gasteiger partial charge in [0.15, 0.2) is 0 Å². The minimum Gasteiger partial charge on any atom is -0.382 e. The summed E-state index contributed by atoms with van der Waals surface area (Å²) in [6.07, 6.45) is 3.85. The third-order valence-electron chi connectivity index (χ3n) is 4.30. The molecule has 0 amide bonds. The van der Waals surface area contributed by atoms with Gasteiger partial charge in [-0.2, -0.15) is 0 Å². The Hall–Kier alpha value is -0.690. The van der Waals surface area contributed by atoms with Crippen LogP contribution < -0.4 is 5.32 Å². The summed E-state index contributed by atoms with van der Waals surface area (Å²) in [5.74, 6) is 0.715. The van der Waals surface area contributed by atoms with Crippen molar-refractivity contribution in [3.8, 4) is 0 Å². The Morgan fingerprint density at radius 3 is 2.72 bits per heavy atom. The first kappa shape index (κ1) is 13.7. The molecule has 0 aromatic heterocycles. The molecule has 1 nitrogen and oxygen atoms in total. The van der Waals surface area contributed by atoms with Crippen LogP contribution in [0.5, 0.6) is 0 Å². The Labute approximate surface area is 116 Å². The highest BCUT2D eigenvalue weighted by Gasteiger charge is 2.32. The van der Waals surface area contributed by atoms with Crippen molar-refractivity contribution in [2.24, 2.45) is 11.3 Å².